The number of likely N-dealkylation sites (tertiary alicyclic amines) is 1. The second kappa shape index (κ2) is 7.09. The first-order valence-electron chi connectivity index (χ1n) is 7.12. The van der Waals surface area contributed by atoms with Crippen LogP contribution in [-0.2, 0) is 7.05 Å². The molecular weight excluding hydrogens is 290 g/mol. The van der Waals surface area contributed by atoms with Gasteiger partial charge in [-0.3, -0.25) is 9.59 Å². The van der Waals surface area contributed by atoms with Crippen LogP contribution in [-0.4, -0.2) is 40.3 Å². The first-order chi connectivity index (χ1) is 9.40. The molecule has 2 heterocycles. The lowest BCUT2D eigenvalue weighted by molar-refractivity contribution is 0.0651. The van der Waals surface area contributed by atoms with Gasteiger partial charge in [0.2, 0.25) is 0 Å². The largest absolute Gasteiger partial charge is 0.346 e. The molecule has 2 N–H and O–H groups in total. The maximum atomic E-state index is 12.6. The van der Waals surface area contributed by atoms with Gasteiger partial charge in [-0.15, -0.1) is 12.4 Å². The molecule has 1 amide bonds. The molecule has 1 aromatic rings. The Kier molecular flexibility index (Phi) is 5.98. The summed E-state index contributed by atoms with van der Waals surface area (Å²) in [5.41, 5.74) is 7.10. The fourth-order valence-corrected chi connectivity index (χ4v) is 2.76. The number of hydrogen-bond acceptors (Lipinski definition) is 3. The van der Waals surface area contributed by atoms with Crippen molar-refractivity contribution in [2.75, 3.05) is 13.1 Å². The summed E-state index contributed by atoms with van der Waals surface area (Å²) in [7, 11) is 1.80. The number of aryl methyl sites for hydroxylation is 1. The predicted octanol–water partition coefficient (Wildman–Crippen LogP) is 1.85. The van der Waals surface area contributed by atoms with Crippen molar-refractivity contribution in [2.45, 2.75) is 32.7 Å². The summed E-state index contributed by atoms with van der Waals surface area (Å²) in [6.07, 6.45) is 3.78. The first-order valence-corrected chi connectivity index (χ1v) is 7.12. The molecule has 0 aliphatic carbocycles. The average Bonchev–Trinajstić information content (AvgIpc) is 2.80. The van der Waals surface area contributed by atoms with Crippen LogP contribution in [0.25, 0.3) is 0 Å². The number of hydrogen-bond donors (Lipinski definition) is 1. The van der Waals surface area contributed by atoms with Crippen molar-refractivity contribution in [2.24, 2.45) is 18.7 Å². The van der Waals surface area contributed by atoms with E-state index in [9.17, 15) is 9.59 Å². The molecule has 5 nitrogen and oxygen atoms in total. The second-order valence-electron chi connectivity index (χ2n) is 5.79. The van der Waals surface area contributed by atoms with E-state index in [-0.39, 0.29) is 30.1 Å². The number of Topliss-reactive ketones (excluding diaryl/α,β-unsaturated/α-hetero) is 1. The van der Waals surface area contributed by atoms with Gasteiger partial charge in [-0.25, -0.2) is 0 Å². The number of amides is 1. The fraction of sp³-hybridized carbons (Fsp3) is 0.600. The minimum Gasteiger partial charge on any atom is -0.346 e. The zero-order valence-electron chi connectivity index (χ0n) is 12.8. The SMILES string of the molecule is CC(=O)c1cc(C(=O)N2CCCC(C(C)N)C2)n(C)c1.Cl. The summed E-state index contributed by atoms with van der Waals surface area (Å²) < 4.78 is 1.73. The number of ketones is 1. The Bertz CT molecular complexity index is 525. The molecule has 1 aliphatic heterocycles. The first kappa shape index (κ1) is 17.7. The van der Waals surface area contributed by atoms with Crippen molar-refractivity contribution < 1.29 is 9.59 Å². The molecule has 1 fully saturated rings. The van der Waals surface area contributed by atoms with Crippen molar-refractivity contribution in [3.63, 3.8) is 0 Å². The van der Waals surface area contributed by atoms with Crippen molar-refractivity contribution in [1.82, 2.24) is 9.47 Å². The summed E-state index contributed by atoms with van der Waals surface area (Å²) in [5.74, 6) is 0.331. The normalized spacial score (nSPS) is 19.8. The van der Waals surface area contributed by atoms with Crippen LogP contribution in [0.1, 0.15) is 47.5 Å². The van der Waals surface area contributed by atoms with Gasteiger partial charge in [0.05, 0.1) is 0 Å². The Morgan fingerprint density at radius 2 is 2.10 bits per heavy atom. The zero-order chi connectivity index (χ0) is 14.9. The van der Waals surface area contributed by atoms with Crippen LogP contribution >= 0.6 is 12.4 Å². The molecule has 2 atom stereocenters. The number of halogens is 1. The Morgan fingerprint density at radius 1 is 1.43 bits per heavy atom. The molecule has 2 unspecified atom stereocenters. The van der Waals surface area contributed by atoms with Gasteiger partial charge in [0.25, 0.3) is 5.91 Å². The Hall–Kier alpha value is -1.33. The van der Waals surface area contributed by atoms with Gasteiger partial charge in [0.1, 0.15) is 5.69 Å². The molecule has 21 heavy (non-hydrogen) atoms. The fourth-order valence-electron chi connectivity index (χ4n) is 2.76. The molecule has 0 bridgehead atoms. The molecule has 2 rings (SSSR count). The lowest BCUT2D eigenvalue weighted by Crippen LogP contribution is -2.45. The highest BCUT2D eigenvalue weighted by Crippen LogP contribution is 2.21. The molecule has 1 aliphatic rings. The third-order valence-corrected chi connectivity index (χ3v) is 4.12. The van der Waals surface area contributed by atoms with E-state index in [1.54, 1.807) is 23.9 Å². The molecular formula is C15H24ClN3O2. The maximum Gasteiger partial charge on any atom is 0.270 e. The second-order valence-corrected chi connectivity index (χ2v) is 5.79. The predicted molar refractivity (Wildman–Crippen MR) is 84.9 cm³/mol. The molecule has 118 valence electrons. The smallest absolute Gasteiger partial charge is 0.270 e. The Balaban J connectivity index is 0.00000220. The number of carbonyl (C=O) groups excluding carboxylic acids is 2. The topological polar surface area (TPSA) is 68.3 Å². The van der Waals surface area contributed by atoms with Gasteiger partial charge in [-0.05, 0) is 38.7 Å². The van der Waals surface area contributed by atoms with E-state index in [1.807, 2.05) is 11.8 Å². The van der Waals surface area contributed by atoms with E-state index >= 15 is 0 Å². The highest BCUT2D eigenvalue weighted by Gasteiger charge is 2.27. The molecule has 0 radical (unpaired) electrons. The number of rotatable bonds is 3. The minimum absolute atomic E-state index is 0. The molecule has 1 aromatic heterocycles. The van der Waals surface area contributed by atoms with Crippen LogP contribution in [0.4, 0.5) is 0 Å². The summed E-state index contributed by atoms with van der Waals surface area (Å²) in [4.78, 5) is 25.8. The van der Waals surface area contributed by atoms with Crippen molar-refractivity contribution >= 4 is 24.1 Å². The average molecular weight is 314 g/mol. The van der Waals surface area contributed by atoms with Crippen molar-refractivity contribution in [1.29, 1.82) is 0 Å². The molecule has 0 saturated carbocycles. The van der Waals surface area contributed by atoms with E-state index in [2.05, 4.69) is 0 Å². The van der Waals surface area contributed by atoms with E-state index in [0.29, 0.717) is 23.7 Å². The third kappa shape index (κ3) is 3.86. The van der Waals surface area contributed by atoms with Crippen molar-refractivity contribution in [3.05, 3.63) is 23.5 Å². The van der Waals surface area contributed by atoms with Crippen LogP contribution in [0.5, 0.6) is 0 Å². The van der Waals surface area contributed by atoms with Gasteiger partial charge in [-0.2, -0.15) is 0 Å². The lowest BCUT2D eigenvalue weighted by Gasteiger charge is -2.34. The number of aromatic nitrogens is 1. The number of nitrogens with two attached hydrogens (primary N) is 1. The number of carbonyl (C=O) groups is 2. The van der Waals surface area contributed by atoms with Gasteiger partial charge in [0.15, 0.2) is 5.78 Å². The van der Waals surface area contributed by atoms with Crippen LogP contribution in [0.3, 0.4) is 0 Å². The van der Waals surface area contributed by atoms with Gasteiger partial charge >= 0.3 is 0 Å². The van der Waals surface area contributed by atoms with Crippen LogP contribution in [0.15, 0.2) is 12.3 Å². The van der Waals surface area contributed by atoms with Crippen molar-refractivity contribution in [3.8, 4) is 0 Å². The zero-order valence-corrected chi connectivity index (χ0v) is 13.7. The summed E-state index contributed by atoms with van der Waals surface area (Å²) in [6.45, 7) is 4.98. The molecule has 0 spiro atoms. The Morgan fingerprint density at radius 3 is 2.62 bits per heavy atom. The van der Waals surface area contributed by atoms with E-state index in [1.165, 1.54) is 6.92 Å². The standard InChI is InChI=1S/C15H23N3O2.ClH/c1-10(16)12-5-4-6-18(9-12)15(20)14-7-13(11(2)19)8-17(14)3;/h7-8,10,12H,4-6,9,16H2,1-3H3;1H. The lowest BCUT2D eigenvalue weighted by atomic mass is 9.92. The molecule has 6 heteroatoms. The highest BCUT2D eigenvalue weighted by molar-refractivity contribution is 5.99. The quantitative estimate of drug-likeness (QED) is 0.866. The minimum atomic E-state index is -0.0215. The summed E-state index contributed by atoms with van der Waals surface area (Å²) in [6, 6.07) is 1.78. The highest BCUT2D eigenvalue weighted by atomic mass is 35.5. The molecule has 0 aromatic carbocycles. The van der Waals surface area contributed by atoms with Gasteiger partial charge < -0.3 is 15.2 Å². The monoisotopic (exact) mass is 313 g/mol. The number of nitrogens with zero attached hydrogens (tertiary/aromatic N) is 2. The van der Waals surface area contributed by atoms with Crippen LogP contribution < -0.4 is 5.73 Å². The Labute approximate surface area is 131 Å². The van der Waals surface area contributed by atoms with E-state index in [0.717, 1.165) is 19.4 Å². The van der Waals surface area contributed by atoms with Gasteiger partial charge in [0, 0.05) is 37.9 Å². The summed E-state index contributed by atoms with van der Waals surface area (Å²) >= 11 is 0. The van der Waals surface area contributed by atoms with Crippen LogP contribution in [0.2, 0.25) is 0 Å². The van der Waals surface area contributed by atoms with Crippen LogP contribution in [0, 0.1) is 5.92 Å². The number of piperidine rings is 1. The van der Waals surface area contributed by atoms with E-state index in [4.69, 9.17) is 5.73 Å². The van der Waals surface area contributed by atoms with Gasteiger partial charge in [-0.1, -0.05) is 0 Å². The van der Waals surface area contributed by atoms with E-state index < -0.39 is 0 Å². The molecule has 1 saturated heterocycles. The summed E-state index contributed by atoms with van der Waals surface area (Å²) in [5, 5.41) is 0. The maximum absolute atomic E-state index is 12.6. The third-order valence-electron chi connectivity index (χ3n) is 4.12.